The molecule has 1 aromatic heterocycles. The molecule has 2 rings (SSSR count). The number of carbonyl (C=O) groups excluding carboxylic acids is 1. The molecule has 20 heavy (non-hydrogen) atoms. The Morgan fingerprint density at radius 2 is 2.25 bits per heavy atom. The Kier molecular flexibility index (Phi) is 4.95. The SMILES string of the molecule is CC1CCCN(C(=O)CCn2ccccc2=O)C1CN. The molecular weight excluding hydrogens is 254 g/mol. The third kappa shape index (κ3) is 3.28. The molecule has 2 heterocycles. The lowest BCUT2D eigenvalue weighted by Crippen LogP contribution is -2.51. The molecule has 0 aliphatic carbocycles. The number of pyridine rings is 1. The van der Waals surface area contributed by atoms with E-state index in [0.29, 0.717) is 25.4 Å². The number of rotatable bonds is 4. The minimum absolute atomic E-state index is 0.0670. The highest BCUT2D eigenvalue weighted by Crippen LogP contribution is 2.23. The Balaban J connectivity index is 1.97. The number of aromatic nitrogens is 1. The largest absolute Gasteiger partial charge is 0.338 e. The van der Waals surface area contributed by atoms with Crippen LogP contribution in [-0.4, -0.2) is 34.5 Å². The van der Waals surface area contributed by atoms with E-state index in [-0.39, 0.29) is 17.5 Å². The van der Waals surface area contributed by atoms with Crippen molar-refractivity contribution in [1.29, 1.82) is 0 Å². The molecule has 1 amide bonds. The Hall–Kier alpha value is -1.62. The van der Waals surface area contributed by atoms with Gasteiger partial charge in [-0.25, -0.2) is 0 Å². The van der Waals surface area contributed by atoms with E-state index in [1.165, 1.54) is 6.07 Å². The predicted octanol–water partition coefficient (Wildman–Crippen LogP) is 0.824. The number of aryl methyl sites for hydroxylation is 1. The van der Waals surface area contributed by atoms with E-state index in [0.717, 1.165) is 19.4 Å². The second-order valence-corrected chi connectivity index (χ2v) is 5.49. The third-order valence-corrected chi connectivity index (χ3v) is 4.14. The number of hydrogen-bond acceptors (Lipinski definition) is 3. The van der Waals surface area contributed by atoms with Crippen LogP contribution >= 0.6 is 0 Å². The first-order chi connectivity index (χ1) is 9.63. The maximum Gasteiger partial charge on any atom is 0.250 e. The molecule has 1 fully saturated rings. The number of nitrogens with two attached hydrogens (primary N) is 1. The number of hydrogen-bond donors (Lipinski definition) is 1. The quantitative estimate of drug-likeness (QED) is 0.886. The van der Waals surface area contributed by atoms with E-state index < -0.39 is 0 Å². The lowest BCUT2D eigenvalue weighted by atomic mass is 9.90. The summed E-state index contributed by atoms with van der Waals surface area (Å²) < 4.78 is 1.57. The average molecular weight is 277 g/mol. The molecule has 110 valence electrons. The summed E-state index contributed by atoms with van der Waals surface area (Å²) in [5, 5.41) is 0. The Bertz CT molecular complexity index is 512. The van der Waals surface area contributed by atoms with Gasteiger partial charge in [0, 0.05) is 44.4 Å². The second-order valence-electron chi connectivity index (χ2n) is 5.49. The third-order valence-electron chi connectivity index (χ3n) is 4.14. The number of carbonyl (C=O) groups is 1. The van der Waals surface area contributed by atoms with E-state index in [2.05, 4.69) is 6.92 Å². The highest BCUT2D eigenvalue weighted by atomic mass is 16.2. The van der Waals surface area contributed by atoms with Crippen LogP contribution in [0, 0.1) is 5.92 Å². The van der Waals surface area contributed by atoms with E-state index in [1.54, 1.807) is 22.9 Å². The maximum absolute atomic E-state index is 12.4. The fourth-order valence-corrected chi connectivity index (χ4v) is 2.92. The summed E-state index contributed by atoms with van der Waals surface area (Å²) in [6.45, 7) is 3.88. The van der Waals surface area contributed by atoms with Gasteiger partial charge in [0.25, 0.3) is 5.56 Å². The van der Waals surface area contributed by atoms with E-state index in [4.69, 9.17) is 5.73 Å². The summed E-state index contributed by atoms with van der Waals surface area (Å²) in [6.07, 6.45) is 4.24. The standard InChI is InChI=1S/C15H23N3O2/c1-12-5-4-9-18(13(12)11-16)15(20)7-10-17-8-3-2-6-14(17)19/h2-3,6,8,12-13H,4-5,7,9-11,16H2,1H3. The van der Waals surface area contributed by atoms with Gasteiger partial charge in [-0.3, -0.25) is 9.59 Å². The first-order valence-electron chi connectivity index (χ1n) is 7.28. The highest BCUT2D eigenvalue weighted by Gasteiger charge is 2.30. The van der Waals surface area contributed by atoms with Crippen molar-refractivity contribution in [1.82, 2.24) is 9.47 Å². The van der Waals surface area contributed by atoms with Gasteiger partial charge in [-0.1, -0.05) is 13.0 Å². The molecule has 2 atom stereocenters. The summed E-state index contributed by atoms with van der Waals surface area (Å²) in [5.74, 6) is 0.555. The van der Waals surface area contributed by atoms with Crippen molar-refractivity contribution in [2.24, 2.45) is 11.7 Å². The summed E-state index contributed by atoms with van der Waals surface area (Å²) in [5.41, 5.74) is 5.74. The lowest BCUT2D eigenvalue weighted by Gasteiger charge is -2.39. The van der Waals surface area contributed by atoms with Gasteiger partial charge in [0.15, 0.2) is 0 Å². The fraction of sp³-hybridized carbons (Fsp3) is 0.600. The van der Waals surface area contributed by atoms with Gasteiger partial charge in [-0.2, -0.15) is 0 Å². The zero-order chi connectivity index (χ0) is 14.5. The van der Waals surface area contributed by atoms with Crippen LogP contribution in [0.15, 0.2) is 29.2 Å². The van der Waals surface area contributed by atoms with Crippen molar-refractivity contribution < 1.29 is 4.79 Å². The van der Waals surface area contributed by atoms with Crippen LogP contribution in [-0.2, 0) is 11.3 Å². The molecule has 2 unspecified atom stereocenters. The molecule has 2 N–H and O–H groups in total. The Morgan fingerprint density at radius 3 is 2.95 bits per heavy atom. The van der Waals surface area contributed by atoms with E-state index in [9.17, 15) is 9.59 Å². The molecule has 0 aromatic carbocycles. The first-order valence-corrected chi connectivity index (χ1v) is 7.28. The smallest absolute Gasteiger partial charge is 0.250 e. The minimum atomic E-state index is -0.0670. The number of amides is 1. The maximum atomic E-state index is 12.4. The Morgan fingerprint density at radius 1 is 1.45 bits per heavy atom. The minimum Gasteiger partial charge on any atom is -0.338 e. The van der Waals surface area contributed by atoms with Crippen molar-refractivity contribution in [3.63, 3.8) is 0 Å². The molecule has 1 saturated heterocycles. The normalized spacial score (nSPS) is 22.8. The molecule has 1 aromatic rings. The van der Waals surface area contributed by atoms with Crippen LogP contribution < -0.4 is 11.3 Å². The molecule has 5 nitrogen and oxygen atoms in total. The fourth-order valence-electron chi connectivity index (χ4n) is 2.92. The molecular formula is C15H23N3O2. The summed E-state index contributed by atoms with van der Waals surface area (Å²) in [7, 11) is 0. The topological polar surface area (TPSA) is 68.3 Å². The lowest BCUT2D eigenvalue weighted by molar-refractivity contribution is -0.136. The van der Waals surface area contributed by atoms with Crippen molar-refractivity contribution in [2.75, 3.05) is 13.1 Å². The monoisotopic (exact) mass is 277 g/mol. The molecule has 0 spiro atoms. The van der Waals surface area contributed by atoms with Crippen LogP contribution in [0.4, 0.5) is 0 Å². The van der Waals surface area contributed by atoms with Crippen LogP contribution in [0.5, 0.6) is 0 Å². The van der Waals surface area contributed by atoms with Gasteiger partial charge < -0.3 is 15.2 Å². The summed E-state index contributed by atoms with van der Waals surface area (Å²) in [4.78, 5) is 25.9. The average Bonchev–Trinajstić information content (AvgIpc) is 2.46. The molecule has 1 aliphatic heterocycles. The number of piperidine rings is 1. The van der Waals surface area contributed by atoms with Crippen LogP contribution in [0.2, 0.25) is 0 Å². The molecule has 0 saturated carbocycles. The second kappa shape index (κ2) is 6.70. The van der Waals surface area contributed by atoms with Crippen LogP contribution in [0.3, 0.4) is 0 Å². The van der Waals surface area contributed by atoms with Crippen LogP contribution in [0.25, 0.3) is 0 Å². The van der Waals surface area contributed by atoms with Crippen molar-refractivity contribution in [3.8, 4) is 0 Å². The van der Waals surface area contributed by atoms with Crippen LogP contribution in [0.1, 0.15) is 26.2 Å². The van der Waals surface area contributed by atoms with E-state index in [1.807, 2.05) is 4.90 Å². The predicted molar refractivity (Wildman–Crippen MR) is 78.3 cm³/mol. The van der Waals surface area contributed by atoms with Crippen molar-refractivity contribution in [3.05, 3.63) is 34.7 Å². The molecule has 5 heteroatoms. The zero-order valence-corrected chi connectivity index (χ0v) is 12.0. The number of nitrogens with zero attached hydrogens (tertiary/aromatic N) is 2. The molecule has 0 bridgehead atoms. The van der Waals surface area contributed by atoms with Crippen molar-refractivity contribution >= 4 is 5.91 Å². The van der Waals surface area contributed by atoms with E-state index >= 15 is 0 Å². The van der Waals surface area contributed by atoms with Gasteiger partial charge in [0.05, 0.1) is 0 Å². The van der Waals surface area contributed by atoms with Gasteiger partial charge in [0.1, 0.15) is 0 Å². The van der Waals surface area contributed by atoms with Gasteiger partial charge in [-0.15, -0.1) is 0 Å². The summed E-state index contributed by atoms with van der Waals surface area (Å²) in [6, 6.07) is 5.16. The zero-order valence-electron chi connectivity index (χ0n) is 12.0. The first kappa shape index (κ1) is 14.8. The highest BCUT2D eigenvalue weighted by molar-refractivity contribution is 5.76. The molecule has 1 aliphatic rings. The van der Waals surface area contributed by atoms with Gasteiger partial charge in [0.2, 0.25) is 5.91 Å². The number of likely N-dealkylation sites (tertiary alicyclic amines) is 1. The summed E-state index contributed by atoms with van der Waals surface area (Å²) >= 11 is 0. The van der Waals surface area contributed by atoms with Gasteiger partial charge >= 0.3 is 0 Å². The Labute approximate surface area is 119 Å². The van der Waals surface area contributed by atoms with Gasteiger partial charge in [-0.05, 0) is 24.8 Å². The molecule has 0 radical (unpaired) electrons. The van der Waals surface area contributed by atoms with Crippen molar-refractivity contribution in [2.45, 2.75) is 38.8 Å².